The van der Waals surface area contributed by atoms with Crippen molar-refractivity contribution >= 4 is 29.4 Å². The van der Waals surface area contributed by atoms with E-state index in [-0.39, 0.29) is 25.4 Å². The zero-order chi connectivity index (χ0) is 18.9. The average Bonchev–Trinajstić information content (AvgIpc) is 3.13. The van der Waals surface area contributed by atoms with Crippen LogP contribution < -0.4 is 10.6 Å². The third-order valence-corrected chi connectivity index (χ3v) is 3.67. The van der Waals surface area contributed by atoms with Crippen molar-refractivity contribution in [1.29, 1.82) is 0 Å². The van der Waals surface area contributed by atoms with Crippen LogP contribution in [0.5, 0.6) is 0 Å². The third-order valence-electron chi connectivity index (χ3n) is 3.42. The van der Waals surface area contributed by atoms with Gasteiger partial charge in [-0.1, -0.05) is 11.6 Å². The first-order valence-corrected chi connectivity index (χ1v) is 8.37. The molecule has 0 aliphatic heterocycles. The first-order valence-electron chi connectivity index (χ1n) is 7.99. The standard InChI is InChI=1S/C18H19ClN2O5/c1-12(17(23)21-11-15-3-2-10-25-15)26-16(22)8-9-20-18(24)13-4-6-14(19)7-5-13/h2-7,10,12H,8-9,11H2,1H3,(H,20,24)(H,21,23)/t12-/m1/s1. The Morgan fingerprint density at radius 3 is 2.54 bits per heavy atom. The fourth-order valence-corrected chi connectivity index (χ4v) is 2.15. The minimum absolute atomic E-state index is 0.0465. The molecule has 1 atom stereocenters. The highest BCUT2D eigenvalue weighted by atomic mass is 35.5. The molecule has 0 aliphatic carbocycles. The fraction of sp³-hybridized carbons (Fsp3) is 0.278. The second-order valence-corrected chi connectivity index (χ2v) is 5.88. The molecule has 2 amide bonds. The number of carbonyl (C=O) groups excluding carboxylic acids is 3. The third kappa shape index (κ3) is 6.25. The van der Waals surface area contributed by atoms with Crippen LogP contribution in [0.1, 0.15) is 29.5 Å². The Balaban J connectivity index is 1.66. The van der Waals surface area contributed by atoms with E-state index in [0.717, 1.165) is 0 Å². The van der Waals surface area contributed by atoms with Crippen LogP contribution in [0.15, 0.2) is 47.1 Å². The van der Waals surface area contributed by atoms with E-state index in [2.05, 4.69) is 10.6 Å². The number of hydrogen-bond acceptors (Lipinski definition) is 5. The van der Waals surface area contributed by atoms with Gasteiger partial charge in [0, 0.05) is 17.1 Å². The zero-order valence-electron chi connectivity index (χ0n) is 14.2. The van der Waals surface area contributed by atoms with Crippen LogP contribution in [-0.2, 0) is 20.9 Å². The van der Waals surface area contributed by atoms with Gasteiger partial charge in [0.1, 0.15) is 5.76 Å². The molecule has 0 aliphatic rings. The SMILES string of the molecule is C[C@@H](OC(=O)CCNC(=O)c1ccc(Cl)cc1)C(=O)NCc1ccco1. The number of amides is 2. The van der Waals surface area contributed by atoms with Crippen molar-refractivity contribution in [2.24, 2.45) is 0 Å². The maximum absolute atomic E-state index is 11.9. The summed E-state index contributed by atoms with van der Waals surface area (Å²) in [6, 6.07) is 9.81. The molecule has 1 aromatic carbocycles. The molecule has 0 radical (unpaired) electrons. The Hall–Kier alpha value is -2.80. The minimum atomic E-state index is -0.940. The van der Waals surface area contributed by atoms with E-state index in [0.29, 0.717) is 16.3 Å². The Labute approximate surface area is 155 Å². The monoisotopic (exact) mass is 378 g/mol. The van der Waals surface area contributed by atoms with Crippen LogP contribution in [0.2, 0.25) is 5.02 Å². The maximum atomic E-state index is 11.9. The zero-order valence-corrected chi connectivity index (χ0v) is 14.9. The van der Waals surface area contributed by atoms with E-state index in [1.807, 2.05) is 0 Å². The van der Waals surface area contributed by atoms with Crippen LogP contribution in [0, 0.1) is 0 Å². The predicted octanol–water partition coefficient (Wildman–Crippen LogP) is 2.30. The lowest BCUT2D eigenvalue weighted by Crippen LogP contribution is -2.36. The van der Waals surface area contributed by atoms with E-state index in [4.69, 9.17) is 20.8 Å². The number of benzene rings is 1. The fourth-order valence-electron chi connectivity index (χ4n) is 2.02. The summed E-state index contributed by atoms with van der Waals surface area (Å²) in [6.07, 6.45) is 0.516. The molecule has 0 spiro atoms. The Bertz CT molecular complexity index is 743. The quantitative estimate of drug-likeness (QED) is 0.687. The molecule has 26 heavy (non-hydrogen) atoms. The van der Waals surface area contributed by atoms with Crippen LogP contribution in [0.4, 0.5) is 0 Å². The van der Waals surface area contributed by atoms with E-state index >= 15 is 0 Å². The number of hydrogen-bond donors (Lipinski definition) is 2. The van der Waals surface area contributed by atoms with Gasteiger partial charge in [-0.15, -0.1) is 0 Å². The number of ether oxygens (including phenoxy) is 1. The van der Waals surface area contributed by atoms with E-state index in [9.17, 15) is 14.4 Å². The highest BCUT2D eigenvalue weighted by Gasteiger charge is 2.18. The number of esters is 1. The summed E-state index contributed by atoms with van der Waals surface area (Å²) in [5.41, 5.74) is 0.438. The molecular weight excluding hydrogens is 360 g/mol. The smallest absolute Gasteiger partial charge is 0.308 e. The highest BCUT2D eigenvalue weighted by Crippen LogP contribution is 2.09. The van der Waals surface area contributed by atoms with Crippen molar-refractivity contribution in [2.75, 3.05) is 6.54 Å². The van der Waals surface area contributed by atoms with Crippen LogP contribution >= 0.6 is 11.6 Å². The highest BCUT2D eigenvalue weighted by molar-refractivity contribution is 6.30. The number of rotatable bonds is 8. The van der Waals surface area contributed by atoms with Gasteiger partial charge in [0.15, 0.2) is 6.10 Å². The van der Waals surface area contributed by atoms with Crippen molar-refractivity contribution < 1.29 is 23.5 Å². The summed E-state index contributed by atoms with van der Waals surface area (Å²) in [5, 5.41) is 5.73. The van der Waals surface area contributed by atoms with E-state index < -0.39 is 18.0 Å². The largest absolute Gasteiger partial charge is 0.467 e. The van der Waals surface area contributed by atoms with Gasteiger partial charge in [-0.2, -0.15) is 0 Å². The summed E-state index contributed by atoms with van der Waals surface area (Å²) in [5.74, 6) is -0.734. The van der Waals surface area contributed by atoms with Crippen molar-refractivity contribution in [3.8, 4) is 0 Å². The van der Waals surface area contributed by atoms with Crippen LogP contribution in [-0.4, -0.2) is 30.4 Å². The minimum Gasteiger partial charge on any atom is -0.467 e. The Morgan fingerprint density at radius 2 is 1.88 bits per heavy atom. The van der Waals surface area contributed by atoms with Gasteiger partial charge in [0.05, 0.1) is 19.2 Å². The lowest BCUT2D eigenvalue weighted by molar-refractivity contribution is -0.154. The lowest BCUT2D eigenvalue weighted by atomic mass is 10.2. The van der Waals surface area contributed by atoms with E-state index in [1.165, 1.54) is 13.2 Å². The molecule has 7 nitrogen and oxygen atoms in total. The van der Waals surface area contributed by atoms with Crippen molar-refractivity contribution in [2.45, 2.75) is 26.0 Å². The molecule has 0 unspecified atom stereocenters. The molecule has 0 saturated heterocycles. The van der Waals surface area contributed by atoms with Crippen molar-refractivity contribution in [1.82, 2.24) is 10.6 Å². The lowest BCUT2D eigenvalue weighted by Gasteiger charge is -2.13. The first kappa shape index (κ1) is 19.5. The summed E-state index contributed by atoms with van der Waals surface area (Å²) in [4.78, 5) is 35.5. The van der Waals surface area contributed by atoms with Crippen LogP contribution in [0.25, 0.3) is 0 Å². The maximum Gasteiger partial charge on any atom is 0.308 e. The van der Waals surface area contributed by atoms with Gasteiger partial charge in [0.25, 0.3) is 11.8 Å². The molecule has 0 bridgehead atoms. The summed E-state index contributed by atoms with van der Waals surface area (Å²) >= 11 is 5.76. The number of furan rings is 1. The summed E-state index contributed by atoms with van der Waals surface area (Å²) < 4.78 is 10.1. The number of carbonyl (C=O) groups is 3. The Morgan fingerprint density at radius 1 is 1.15 bits per heavy atom. The molecule has 1 heterocycles. The predicted molar refractivity (Wildman–Crippen MR) is 94.5 cm³/mol. The van der Waals surface area contributed by atoms with Gasteiger partial charge in [-0.25, -0.2) is 0 Å². The topological polar surface area (TPSA) is 97.6 Å². The van der Waals surface area contributed by atoms with Gasteiger partial charge in [0.2, 0.25) is 0 Å². The molecule has 2 rings (SSSR count). The number of nitrogens with one attached hydrogen (secondary N) is 2. The van der Waals surface area contributed by atoms with E-state index in [1.54, 1.807) is 36.4 Å². The molecule has 1 aromatic heterocycles. The molecule has 8 heteroatoms. The molecule has 2 aromatic rings. The second-order valence-electron chi connectivity index (χ2n) is 5.44. The molecule has 138 valence electrons. The average molecular weight is 379 g/mol. The van der Waals surface area contributed by atoms with Crippen molar-refractivity contribution in [3.63, 3.8) is 0 Å². The van der Waals surface area contributed by atoms with Gasteiger partial charge >= 0.3 is 5.97 Å². The molecule has 0 fully saturated rings. The molecule has 0 saturated carbocycles. The van der Waals surface area contributed by atoms with Gasteiger partial charge in [-0.05, 0) is 43.3 Å². The molecule has 2 N–H and O–H groups in total. The van der Waals surface area contributed by atoms with Gasteiger partial charge in [-0.3, -0.25) is 14.4 Å². The first-order chi connectivity index (χ1) is 12.5. The second kappa shape index (κ2) is 9.62. The number of halogens is 1. The van der Waals surface area contributed by atoms with Gasteiger partial charge < -0.3 is 19.8 Å². The summed E-state index contributed by atoms with van der Waals surface area (Å²) in [6.45, 7) is 1.79. The Kier molecular flexibility index (Phi) is 7.23. The molecular formula is C18H19ClN2O5. The van der Waals surface area contributed by atoms with Crippen molar-refractivity contribution in [3.05, 3.63) is 59.0 Å². The normalized spacial score (nSPS) is 11.5. The summed E-state index contributed by atoms with van der Waals surface area (Å²) in [7, 11) is 0. The van der Waals surface area contributed by atoms with Crippen LogP contribution in [0.3, 0.4) is 0 Å².